The zero-order valence-corrected chi connectivity index (χ0v) is 10.5. The van der Waals surface area contributed by atoms with Crippen molar-refractivity contribution in [1.29, 1.82) is 0 Å². The molecule has 0 N–H and O–H groups in total. The summed E-state index contributed by atoms with van der Waals surface area (Å²) in [5.74, 6) is 1.63. The molecule has 0 heterocycles. The Hall–Kier alpha value is -1.56. The minimum Gasteiger partial charge on any atom is -0.0683 e. The summed E-state index contributed by atoms with van der Waals surface area (Å²) < 4.78 is 0. The van der Waals surface area contributed by atoms with Gasteiger partial charge in [-0.2, -0.15) is 0 Å². The molecular formula is C17H18. The van der Waals surface area contributed by atoms with Crippen LogP contribution in [-0.4, -0.2) is 0 Å². The highest BCUT2D eigenvalue weighted by Crippen LogP contribution is 2.61. The van der Waals surface area contributed by atoms with Gasteiger partial charge < -0.3 is 0 Å². The quantitative estimate of drug-likeness (QED) is 0.590. The van der Waals surface area contributed by atoms with E-state index in [4.69, 9.17) is 0 Å². The summed E-state index contributed by atoms with van der Waals surface area (Å²) in [7, 11) is 0. The third kappa shape index (κ3) is 1.51. The van der Waals surface area contributed by atoms with Crippen molar-refractivity contribution in [2.24, 2.45) is 0 Å². The maximum absolute atomic E-state index is 2.30. The smallest absolute Gasteiger partial charge is 0.00805 e. The first-order valence-corrected chi connectivity index (χ1v) is 6.63. The zero-order valence-electron chi connectivity index (χ0n) is 10.5. The van der Waals surface area contributed by atoms with E-state index in [1.165, 1.54) is 17.5 Å². The van der Waals surface area contributed by atoms with E-state index >= 15 is 0 Å². The highest BCUT2D eigenvalue weighted by molar-refractivity contribution is 5.77. The van der Waals surface area contributed by atoms with E-state index in [9.17, 15) is 0 Å². The molecule has 0 nitrogen and oxygen atoms in total. The molecule has 17 heavy (non-hydrogen) atoms. The Labute approximate surface area is 103 Å². The largest absolute Gasteiger partial charge is 0.0683 e. The fraction of sp³-hybridized carbons (Fsp3) is 0.294. The van der Waals surface area contributed by atoms with Crippen molar-refractivity contribution < 1.29 is 0 Å². The van der Waals surface area contributed by atoms with Crippen LogP contribution in [0.4, 0.5) is 0 Å². The molecule has 0 aromatic heterocycles. The lowest BCUT2D eigenvalue weighted by atomic mass is 9.86. The molecular weight excluding hydrogens is 204 g/mol. The molecule has 0 saturated heterocycles. The third-order valence-electron chi connectivity index (χ3n) is 3.80. The minimum atomic E-state index is 0.816. The van der Waals surface area contributed by atoms with Crippen LogP contribution in [-0.2, 0) is 0 Å². The molecule has 1 saturated carbocycles. The van der Waals surface area contributed by atoms with Gasteiger partial charge in [0.1, 0.15) is 0 Å². The first-order valence-electron chi connectivity index (χ1n) is 6.63. The van der Waals surface area contributed by atoms with E-state index in [1.54, 1.807) is 11.1 Å². The lowest BCUT2D eigenvalue weighted by molar-refractivity contribution is 1.01. The second kappa shape index (κ2) is 4.03. The van der Waals surface area contributed by atoms with Crippen LogP contribution in [0.5, 0.6) is 0 Å². The van der Waals surface area contributed by atoms with Crippen LogP contribution in [0.15, 0.2) is 48.5 Å². The van der Waals surface area contributed by atoms with Gasteiger partial charge in [0.25, 0.3) is 0 Å². The van der Waals surface area contributed by atoms with Crippen molar-refractivity contribution in [2.45, 2.75) is 32.1 Å². The second-order valence-electron chi connectivity index (χ2n) is 4.62. The van der Waals surface area contributed by atoms with Crippen LogP contribution in [0.25, 0.3) is 11.1 Å². The summed E-state index contributed by atoms with van der Waals surface area (Å²) in [6.45, 7) is 4.00. The molecule has 0 heteroatoms. The van der Waals surface area contributed by atoms with Gasteiger partial charge in [-0.1, -0.05) is 62.4 Å². The maximum atomic E-state index is 2.30. The summed E-state index contributed by atoms with van der Waals surface area (Å²) >= 11 is 0. The van der Waals surface area contributed by atoms with Gasteiger partial charge in [0.15, 0.2) is 0 Å². The zero-order chi connectivity index (χ0) is 11.8. The monoisotopic (exact) mass is 222 g/mol. The van der Waals surface area contributed by atoms with E-state index in [2.05, 4.69) is 48.5 Å². The summed E-state index contributed by atoms with van der Waals surface area (Å²) in [4.78, 5) is 0. The summed E-state index contributed by atoms with van der Waals surface area (Å²) in [5, 5.41) is 0. The second-order valence-corrected chi connectivity index (χ2v) is 4.62. The molecule has 2 aliphatic rings. The van der Waals surface area contributed by atoms with Crippen LogP contribution in [0.2, 0.25) is 0 Å². The van der Waals surface area contributed by atoms with Gasteiger partial charge in [-0.25, -0.2) is 0 Å². The molecule has 0 amide bonds. The summed E-state index contributed by atoms with van der Waals surface area (Å²) in [6, 6.07) is 17.8. The first kappa shape index (κ1) is 10.6. The van der Waals surface area contributed by atoms with Crippen molar-refractivity contribution in [1.82, 2.24) is 0 Å². The molecule has 2 unspecified atom stereocenters. The molecule has 2 aromatic carbocycles. The fourth-order valence-corrected chi connectivity index (χ4v) is 3.01. The van der Waals surface area contributed by atoms with Gasteiger partial charge in [-0.15, -0.1) is 0 Å². The molecule has 4 rings (SSSR count). The van der Waals surface area contributed by atoms with Crippen LogP contribution in [0, 0.1) is 0 Å². The predicted molar refractivity (Wildman–Crippen MR) is 73.3 cm³/mol. The van der Waals surface area contributed by atoms with Crippen molar-refractivity contribution in [3.8, 4) is 11.1 Å². The van der Waals surface area contributed by atoms with E-state index in [0.717, 1.165) is 11.8 Å². The molecule has 86 valence electrons. The van der Waals surface area contributed by atoms with Gasteiger partial charge in [-0.05, 0) is 40.5 Å². The van der Waals surface area contributed by atoms with Crippen LogP contribution < -0.4 is 0 Å². The van der Waals surface area contributed by atoms with E-state index in [0.29, 0.717) is 0 Å². The molecule has 0 bridgehead atoms. The summed E-state index contributed by atoms with van der Waals surface area (Å²) in [5.41, 5.74) is 6.07. The van der Waals surface area contributed by atoms with Crippen molar-refractivity contribution in [3.63, 3.8) is 0 Å². The predicted octanol–water partition coefficient (Wildman–Crippen LogP) is 4.96. The average Bonchev–Trinajstić information content (AvgIpc) is 3.22. The maximum Gasteiger partial charge on any atom is -0.00805 e. The molecule has 0 spiro atoms. The normalized spacial score (nSPS) is 22.5. The third-order valence-corrected chi connectivity index (χ3v) is 3.80. The lowest BCUT2D eigenvalue weighted by Gasteiger charge is -2.18. The topological polar surface area (TPSA) is 0 Å². The number of hydrogen-bond donors (Lipinski definition) is 0. The lowest BCUT2D eigenvalue weighted by Crippen LogP contribution is -1.98. The Morgan fingerprint density at radius 2 is 1.12 bits per heavy atom. The molecule has 2 aromatic rings. The van der Waals surface area contributed by atoms with E-state index in [1.807, 2.05) is 13.8 Å². The summed E-state index contributed by atoms with van der Waals surface area (Å²) in [6.07, 6.45) is 1.36. The Morgan fingerprint density at radius 3 is 1.59 bits per heavy atom. The highest BCUT2D eigenvalue weighted by atomic mass is 14.5. The highest BCUT2D eigenvalue weighted by Gasteiger charge is 2.44. The Balaban J connectivity index is 0.000000431. The Bertz CT molecular complexity index is 490. The van der Waals surface area contributed by atoms with E-state index < -0.39 is 0 Å². The Morgan fingerprint density at radius 1 is 0.706 bits per heavy atom. The van der Waals surface area contributed by atoms with Gasteiger partial charge in [-0.3, -0.25) is 0 Å². The van der Waals surface area contributed by atoms with Crippen LogP contribution in [0.1, 0.15) is 43.2 Å². The minimum absolute atomic E-state index is 0.816. The standard InChI is InChI=1S/C15H12.C2H6/c1-3-7-12-10(5-1)11-6-2-4-8-13(11)15-9-14(12)15;1-2/h1-8,14-15H,9H2;1-2H3. The molecule has 0 radical (unpaired) electrons. The van der Waals surface area contributed by atoms with Gasteiger partial charge >= 0.3 is 0 Å². The van der Waals surface area contributed by atoms with Gasteiger partial charge in [0, 0.05) is 0 Å². The number of rotatable bonds is 0. The number of fused-ring (bicyclic) bond motifs is 6. The van der Waals surface area contributed by atoms with Gasteiger partial charge in [0.2, 0.25) is 0 Å². The molecule has 2 atom stereocenters. The van der Waals surface area contributed by atoms with Crippen molar-refractivity contribution >= 4 is 0 Å². The van der Waals surface area contributed by atoms with Gasteiger partial charge in [0.05, 0.1) is 0 Å². The number of benzene rings is 2. The van der Waals surface area contributed by atoms with Crippen LogP contribution in [0.3, 0.4) is 0 Å². The Kier molecular flexibility index (Phi) is 2.51. The van der Waals surface area contributed by atoms with E-state index in [-0.39, 0.29) is 0 Å². The van der Waals surface area contributed by atoms with Crippen molar-refractivity contribution in [3.05, 3.63) is 59.7 Å². The molecule has 0 aliphatic heterocycles. The molecule has 1 fully saturated rings. The average molecular weight is 222 g/mol. The SMILES string of the molecule is CC.c1ccc2c(c1)-c1ccccc1C1CC21. The number of hydrogen-bond acceptors (Lipinski definition) is 0. The molecule has 2 aliphatic carbocycles. The first-order chi connectivity index (χ1) is 8.45. The fourth-order valence-electron chi connectivity index (χ4n) is 3.01. The van der Waals surface area contributed by atoms with Crippen LogP contribution >= 0.6 is 0 Å². The van der Waals surface area contributed by atoms with Crippen molar-refractivity contribution in [2.75, 3.05) is 0 Å².